The number of aliphatic hydroxyl groups excluding tert-OH is 1. The molecule has 1 nitrogen and oxygen atoms in total. The number of fused-ring (bicyclic) bond motifs is 1. The van der Waals surface area contributed by atoms with E-state index in [0.717, 1.165) is 31.2 Å². The Balaban J connectivity index is 2.39. The van der Waals surface area contributed by atoms with E-state index >= 15 is 0 Å². The highest BCUT2D eigenvalue weighted by molar-refractivity contribution is 5.35. The quantitative estimate of drug-likeness (QED) is 0.697. The van der Waals surface area contributed by atoms with Gasteiger partial charge in [-0.15, -0.1) is 0 Å². The predicted molar refractivity (Wildman–Crippen MR) is 53.7 cm³/mol. The summed E-state index contributed by atoms with van der Waals surface area (Å²) in [5.74, 6) is 0. The molecule has 0 heterocycles. The molecule has 0 fully saturated rings. The summed E-state index contributed by atoms with van der Waals surface area (Å²) in [4.78, 5) is 0. The summed E-state index contributed by atoms with van der Waals surface area (Å²) in [5.41, 5.74) is 3.90. The number of aryl methyl sites for hydroxylation is 2. The molecule has 1 atom stereocenters. The van der Waals surface area contributed by atoms with E-state index in [0.29, 0.717) is 0 Å². The molecule has 0 spiro atoms. The minimum absolute atomic E-state index is 0.213. The first-order chi connectivity index (χ1) is 6.31. The van der Waals surface area contributed by atoms with Crippen molar-refractivity contribution in [3.63, 3.8) is 0 Å². The largest absolute Gasteiger partial charge is 0.388 e. The third kappa shape index (κ3) is 1.61. The average molecular weight is 176 g/mol. The van der Waals surface area contributed by atoms with E-state index in [9.17, 15) is 5.11 Å². The molecule has 1 aromatic rings. The molecule has 1 heteroatoms. The van der Waals surface area contributed by atoms with Crippen LogP contribution in [0, 0.1) is 0 Å². The van der Waals surface area contributed by atoms with Gasteiger partial charge in [-0.2, -0.15) is 0 Å². The van der Waals surface area contributed by atoms with Gasteiger partial charge in [-0.25, -0.2) is 0 Å². The smallest absolute Gasteiger partial charge is 0.0792 e. The van der Waals surface area contributed by atoms with Crippen molar-refractivity contribution in [1.29, 1.82) is 0 Å². The van der Waals surface area contributed by atoms with E-state index in [4.69, 9.17) is 0 Å². The minimum Gasteiger partial charge on any atom is -0.388 e. The van der Waals surface area contributed by atoms with E-state index in [-0.39, 0.29) is 6.10 Å². The van der Waals surface area contributed by atoms with Crippen LogP contribution in [0.5, 0.6) is 0 Å². The van der Waals surface area contributed by atoms with Crippen molar-refractivity contribution in [2.45, 2.75) is 38.7 Å². The zero-order chi connectivity index (χ0) is 9.26. The maximum Gasteiger partial charge on any atom is 0.0792 e. The lowest BCUT2D eigenvalue weighted by Gasteiger charge is -2.21. The fraction of sp³-hybridized carbons (Fsp3) is 0.500. The summed E-state index contributed by atoms with van der Waals surface area (Å²) in [6, 6.07) is 6.48. The summed E-state index contributed by atoms with van der Waals surface area (Å²) in [6.07, 6.45) is 4.07. The number of aliphatic hydroxyl groups is 1. The Labute approximate surface area is 79.4 Å². The third-order valence-corrected chi connectivity index (χ3v) is 2.90. The molecule has 13 heavy (non-hydrogen) atoms. The Bertz CT molecular complexity index is 304. The molecule has 0 saturated heterocycles. The number of rotatable bonds is 1. The lowest BCUT2D eigenvalue weighted by molar-refractivity contribution is 0.156. The maximum absolute atomic E-state index is 9.72. The van der Waals surface area contributed by atoms with Crippen LogP contribution < -0.4 is 0 Å². The van der Waals surface area contributed by atoms with Gasteiger partial charge in [-0.05, 0) is 42.4 Å². The van der Waals surface area contributed by atoms with Crippen molar-refractivity contribution in [2.24, 2.45) is 0 Å². The molecular weight excluding hydrogens is 160 g/mol. The third-order valence-electron chi connectivity index (χ3n) is 2.90. The molecule has 0 aromatic heterocycles. The molecule has 0 amide bonds. The second-order valence-corrected chi connectivity index (χ2v) is 3.79. The Morgan fingerprint density at radius 2 is 2.31 bits per heavy atom. The van der Waals surface area contributed by atoms with Crippen molar-refractivity contribution in [2.75, 3.05) is 0 Å². The first-order valence-electron chi connectivity index (χ1n) is 5.11. The van der Waals surface area contributed by atoms with Gasteiger partial charge in [-0.1, -0.05) is 25.1 Å². The van der Waals surface area contributed by atoms with Crippen molar-refractivity contribution in [3.05, 3.63) is 34.9 Å². The summed E-state index contributed by atoms with van der Waals surface area (Å²) in [5, 5.41) is 9.72. The highest BCUT2D eigenvalue weighted by atomic mass is 16.3. The van der Waals surface area contributed by atoms with Gasteiger partial charge in [0.15, 0.2) is 0 Å². The Kier molecular flexibility index (Phi) is 2.36. The Hall–Kier alpha value is -0.820. The standard InChI is InChI=1S/C12H16O/c1-2-9-6-7-11-10(8-9)4-3-5-12(11)13/h6-8,12-13H,2-5H2,1H3. The summed E-state index contributed by atoms with van der Waals surface area (Å²) < 4.78 is 0. The zero-order valence-corrected chi connectivity index (χ0v) is 8.09. The monoisotopic (exact) mass is 176 g/mol. The maximum atomic E-state index is 9.72. The molecule has 1 aliphatic rings. The topological polar surface area (TPSA) is 20.2 Å². The second kappa shape index (κ2) is 3.51. The van der Waals surface area contributed by atoms with Crippen molar-refractivity contribution in [3.8, 4) is 0 Å². The lowest BCUT2D eigenvalue weighted by atomic mass is 9.88. The molecular formula is C12H16O. The van der Waals surface area contributed by atoms with Crippen LogP contribution in [-0.4, -0.2) is 5.11 Å². The van der Waals surface area contributed by atoms with Gasteiger partial charge in [-0.3, -0.25) is 0 Å². The van der Waals surface area contributed by atoms with Gasteiger partial charge in [0.25, 0.3) is 0 Å². The van der Waals surface area contributed by atoms with Crippen LogP contribution in [0.15, 0.2) is 18.2 Å². The van der Waals surface area contributed by atoms with E-state index in [1.807, 2.05) is 0 Å². The second-order valence-electron chi connectivity index (χ2n) is 3.79. The molecule has 2 rings (SSSR count). The molecule has 1 unspecified atom stereocenters. The first kappa shape index (κ1) is 8.76. The van der Waals surface area contributed by atoms with Crippen LogP contribution >= 0.6 is 0 Å². The zero-order valence-electron chi connectivity index (χ0n) is 8.09. The van der Waals surface area contributed by atoms with Gasteiger partial charge in [0.1, 0.15) is 0 Å². The van der Waals surface area contributed by atoms with Crippen LogP contribution in [0.2, 0.25) is 0 Å². The number of benzene rings is 1. The van der Waals surface area contributed by atoms with E-state index in [1.165, 1.54) is 11.1 Å². The van der Waals surface area contributed by atoms with Gasteiger partial charge < -0.3 is 5.11 Å². The number of hydrogen-bond acceptors (Lipinski definition) is 1. The summed E-state index contributed by atoms with van der Waals surface area (Å²) >= 11 is 0. The molecule has 70 valence electrons. The first-order valence-corrected chi connectivity index (χ1v) is 5.11. The van der Waals surface area contributed by atoms with E-state index < -0.39 is 0 Å². The number of hydrogen-bond donors (Lipinski definition) is 1. The highest BCUT2D eigenvalue weighted by Gasteiger charge is 2.17. The van der Waals surface area contributed by atoms with Gasteiger partial charge >= 0.3 is 0 Å². The fourth-order valence-corrected chi connectivity index (χ4v) is 2.06. The minimum atomic E-state index is -0.213. The molecule has 0 aliphatic heterocycles. The van der Waals surface area contributed by atoms with Gasteiger partial charge in [0.2, 0.25) is 0 Å². The van der Waals surface area contributed by atoms with E-state index in [2.05, 4.69) is 25.1 Å². The van der Waals surface area contributed by atoms with Crippen LogP contribution in [-0.2, 0) is 12.8 Å². The average Bonchev–Trinajstić information content (AvgIpc) is 2.18. The fourth-order valence-electron chi connectivity index (χ4n) is 2.06. The van der Waals surface area contributed by atoms with Crippen molar-refractivity contribution in [1.82, 2.24) is 0 Å². The van der Waals surface area contributed by atoms with Crippen LogP contribution in [0.3, 0.4) is 0 Å². The summed E-state index contributed by atoms with van der Waals surface area (Å²) in [6.45, 7) is 2.17. The Morgan fingerprint density at radius 3 is 3.08 bits per heavy atom. The molecule has 0 saturated carbocycles. The van der Waals surface area contributed by atoms with Gasteiger partial charge in [0.05, 0.1) is 6.10 Å². The molecule has 0 bridgehead atoms. The van der Waals surface area contributed by atoms with Crippen molar-refractivity contribution < 1.29 is 5.11 Å². The van der Waals surface area contributed by atoms with Gasteiger partial charge in [0, 0.05) is 0 Å². The Morgan fingerprint density at radius 1 is 1.46 bits per heavy atom. The lowest BCUT2D eigenvalue weighted by Crippen LogP contribution is -2.09. The molecule has 0 radical (unpaired) electrons. The van der Waals surface area contributed by atoms with Crippen LogP contribution in [0.4, 0.5) is 0 Å². The normalized spacial score (nSPS) is 21.2. The summed E-state index contributed by atoms with van der Waals surface area (Å²) in [7, 11) is 0. The highest BCUT2D eigenvalue weighted by Crippen LogP contribution is 2.29. The van der Waals surface area contributed by atoms with Crippen molar-refractivity contribution >= 4 is 0 Å². The van der Waals surface area contributed by atoms with Crippen LogP contribution in [0.1, 0.15) is 42.6 Å². The van der Waals surface area contributed by atoms with Crippen LogP contribution in [0.25, 0.3) is 0 Å². The molecule has 1 aromatic carbocycles. The molecule has 1 aliphatic carbocycles. The van der Waals surface area contributed by atoms with E-state index in [1.54, 1.807) is 0 Å². The SMILES string of the molecule is CCc1ccc2c(c1)CCCC2O. The molecule has 1 N–H and O–H groups in total. The predicted octanol–water partition coefficient (Wildman–Crippen LogP) is 2.62.